The van der Waals surface area contributed by atoms with Crippen LogP contribution in [0.3, 0.4) is 0 Å². The predicted octanol–water partition coefficient (Wildman–Crippen LogP) is 5.25. The fraction of sp³-hybridized carbons (Fsp3) is 0.133. The standard InChI is InChI=1S/C15H8ClF3OS/c16-11-2-1-3-13-9(11)7-12(20)10-6-8(15(17,18)19)4-5-14(10)21-13/h1-6H,7H2. The summed E-state index contributed by atoms with van der Waals surface area (Å²) in [7, 11) is 0. The van der Waals surface area contributed by atoms with Crippen molar-refractivity contribution in [1.82, 2.24) is 0 Å². The third-order valence-corrected chi connectivity index (χ3v) is 4.77. The van der Waals surface area contributed by atoms with Gasteiger partial charge in [0.05, 0.1) is 5.56 Å². The third kappa shape index (κ3) is 2.68. The van der Waals surface area contributed by atoms with Crippen molar-refractivity contribution in [3.05, 3.63) is 58.1 Å². The molecule has 3 rings (SSSR count). The van der Waals surface area contributed by atoms with E-state index in [1.54, 1.807) is 12.1 Å². The van der Waals surface area contributed by atoms with Crippen LogP contribution in [0.15, 0.2) is 46.2 Å². The van der Waals surface area contributed by atoms with Crippen LogP contribution in [0.25, 0.3) is 0 Å². The van der Waals surface area contributed by atoms with Crippen LogP contribution in [-0.2, 0) is 12.6 Å². The van der Waals surface area contributed by atoms with Gasteiger partial charge in [-0.15, -0.1) is 0 Å². The number of benzene rings is 2. The van der Waals surface area contributed by atoms with Gasteiger partial charge in [-0.05, 0) is 35.9 Å². The molecule has 6 heteroatoms. The normalized spacial score (nSPS) is 14.4. The van der Waals surface area contributed by atoms with E-state index in [9.17, 15) is 18.0 Å². The molecule has 0 atom stereocenters. The molecule has 108 valence electrons. The van der Waals surface area contributed by atoms with Crippen molar-refractivity contribution in [2.45, 2.75) is 22.4 Å². The number of hydrogen-bond donors (Lipinski definition) is 0. The lowest BCUT2D eigenvalue weighted by molar-refractivity contribution is -0.137. The van der Waals surface area contributed by atoms with Crippen molar-refractivity contribution in [3.63, 3.8) is 0 Å². The first-order chi connectivity index (χ1) is 9.86. The molecule has 0 amide bonds. The van der Waals surface area contributed by atoms with Crippen molar-refractivity contribution in [3.8, 4) is 0 Å². The van der Waals surface area contributed by atoms with Crippen molar-refractivity contribution in [2.24, 2.45) is 0 Å². The minimum absolute atomic E-state index is 0.0102. The summed E-state index contributed by atoms with van der Waals surface area (Å²) in [5.41, 5.74) is -0.0479. The average molecular weight is 329 g/mol. The van der Waals surface area contributed by atoms with Crippen LogP contribution in [0.4, 0.5) is 13.2 Å². The summed E-state index contributed by atoms with van der Waals surface area (Å²) in [6, 6.07) is 8.50. The number of fused-ring (bicyclic) bond motifs is 2. The Bertz CT molecular complexity index is 740. The number of hydrogen-bond acceptors (Lipinski definition) is 2. The van der Waals surface area contributed by atoms with Gasteiger partial charge in [0.15, 0.2) is 5.78 Å². The zero-order valence-electron chi connectivity index (χ0n) is 10.5. The molecule has 2 aromatic carbocycles. The molecule has 1 aliphatic heterocycles. The van der Waals surface area contributed by atoms with Gasteiger partial charge < -0.3 is 0 Å². The van der Waals surface area contributed by atoms with Crippen LogP contribution in [0.2, 0.25) is 5.02 Å². The summed E-state index contributed by atoms with van der Waals surface area (Å²) in [5.74, 6) is -0.351. The first kappa shape index (κ1) is 14.5. The molecule has 0 fully saturated rings. The molecule has 2 aromatic rings. The Morgan fingerprint density at radius 3 is 2.57 bits per heavy atom. The monoisotopic (exact) mass is 328 g/mol. The van der Waals surface area contributed by atoms with Gasteiger partial charge >= 0.3 is 6.18 Å². The van der Waals surface area contributed by atoms with Crippen molar-refractivity contribution < 1.29 is 18.0 Å². The summed E-state index contributed by atoms with van der Waals surface area (Å²) in [6.45, 7) is 0. The molecule has 0 radical (unpaired) electrons. The Balaban J connectivity index is 2.13. The van der Waals surface area contributed by atoms with Crippen LogP contribution in [0, 0.1) is 0 Å². The van der Waals surface area contributed by atoms with Crippen LogP contribution < -0.4 is 0 Å². The quantitative estimate of drug-likeness (QED) is 0.657. The number of Topliss-reactive ketones (excluding diaryl/α,β-unsaturated/α-hetero) is 1. The molecule has 0 aromatic heterocycles. The van der Waals surface area contributed by atoms with Crippen LogP contribution in [-0.4, -0.2) is 5.78 Å². The molecule has 0 unspecified atom stereocenters. The van der Waals surface area contributed by atoms with Gasteiger partial charge in [-0.25, -0.2) is 0 Å². The molecular formula is C15H8ClF3OS. The summed E-state index contributed by atoms with van der Waals surface area (Å²) in [5, 5.41) is 0.456. The van der Waals surface area contributed by atoms with Gasteiger partial charge in [-0.3, -0.25) is 4.79 Å². The smallest absolute Gasteiger partial charge is 0.294 e. The SMILES string of the molecule is O=C1Cc2c(Cl)cccc2Sc2ccc(C(F)(F)F)cc21. The number of ketones is 1. The maximum Gasteiger partial charge on any atom is 0.416 e. The summed E-state index contributed by atoms with van der Waals surface area (Å²) in [4.78, 5) is 13.6. The minimum atomic E-state index is -4.46. The summed E-state index contributed by atoms with van der Waals surface area (Å²) < 4.78 is 38.3. The van der Waals surface area contributed by atoms with Crippen molar-refractivity contribution in [1.29, 1.82) is 0 Å². The van der Waals surface area contributed by atoms with E-state index in [1.165, 1.54) is 17.8 Å². The molecule has 21 heavy (non-hydrogen) atoms. The lowest BCUT2D eigenvalue weighted by Gasteiger charge is -2.10. The van der Waals surface area contributed by atoms with E-state index < -0.39 is 11.7 Å². The van der Waals surface area contributed by atoms with E-state index in [0.717, 1.165) is 17.0 Å². The third-order valence-electron chi connectivity index (χ3n) is 3.24. The van der Waals surface area contributed by atoms with Crippen LogP contribution in [0.5, 0.6) is 0 Å². The lowest BCUT2D eigenvalue weighted by atomic mass is 10.0. The molecule has 1 nitrogen and oxygen atoms in total. The summed E-state index contributed by atoms with van der Waals surface area (Å²) in [6.07, 6.45) is -4.45. The van der Waals surface area contributed by atoms with Crippen molar-refractivity contribution >= 4 is 29.1 Å². The average Bonchev–Trinajstić information content (AvgIpc) is 2.55. The molecule has 1 aliphatic rings. The van der Waals surface area contributed by atoms with Crippen LogP contribution in [0.1, 0.15) is 21.5 Å². The minimum Gasteiger partial charge on any atom is -0.294 e. The Hall–Kier alpha value is -1.46. The highest BCUT2D eigenvalue weighted by atomic mass is 35.5. The zero-order valence-corrected chi connectivity index (χ0v) is 12.1. The largest absolute Gasteiger partial charge is 0.416 e. The highest BCUT2D eigenvalue weighted by molar-refractivity contribution is 7.99. The molecular weight excluding hydrogens is 321 g/mol. The molecule has 0 N–H and O–H groups in total. The van der Waals surface area contributed by atoms with Crippen LogP contribution >= 0.6 is 23.4 Å². The van der Waals surface area contributed by atoms with E-state index in [4.69, 9.17) is 11.6 Å². The van der Waals surface area contributed by atoms with Gasteiger partial charge in [0.1, 0.15) is 0 Å². The Kier molecular flexibility index (Phi) is 3.50. The van der Waals surface area contributed by atoms with E-state index in [0.29, 0.717) is 15.5 Å². The number of rotatable bonds is 0. The van der Waals surface area contributed by atoms with E-state index >= 15 is 0 Å². The van der Waals surface area contributed by atoms with Gasteiger partial charge in [-0.2, -0.15) is 13.2 Å². The Morgan fingerprint density at radius 2 is 1.86 bits per heavy atom. The topological polar surface area (TPSA) is 17.1 Å². The second-order valence-electron chi connectivity index (χ2n) is 4.63. The highest BCUT2D eigenvalue weighted by Crippen LogP contribution is 2.41. The second kappa shape index (κ2) is 5.07. The fourth-order valence-corrected chi connectivity index (χ4v) is 3.60. The number of halogens is 4. The van der Waals surface area contributed by atoms with E-state index in [-0.39, 0.29) is 17.8 Å². The molecule has 0 bridgehead atoms. The maximum atomic E-state index is 12.8. The molecule has 0 spiro atoms. The summed E-state index contributed by atoms with van der Waals surface area (Å²) >= 11 is 7.35. The Morgan fingerprint density at radius 1 is 1.10 bits per heavy atom. The predicted molar refractivity (Wildman–Crippen MR) is 75.1 cm³/mol. The van der Waals surface area contributed by atoms with E-state index in [1.807, 2.05) is 6.07 Å². The second-order valence-corrected chi connectivity index (χ2v) is 6.12. The zero-order chi connectivity index (χ0) is 15.2. The van der Waals surface area contributed by atoms with E-state index in [2.05, 4.69) is 0 Å². The fourth-order valence-electron chi connectivity index (χ4n) is 2.19. The number of alkyl halides is 3. The van der Waals surface area contributed by atoms with Gasteiger partial charge in [0.2, 0.25) is 0 Å². The molecule has 1 heterocycles. The highest BCUT2D eigenvalue weighted by Gasteiger charge is 2.32. The van der Waals surface area contributed by atoms with Crippen molar-refractivity contribution in [2.75, 3.05) is 0 Å². The molecule has 0 saturated heterocycles. The van der Waals surface area contributed by atoms with Gasteiger partial charge in [0.25, 0.3) is 0 Å². The maximum absolute atomic E-state index is 12.8. The van der Waals surface area contributed by atoms with Gasteiger partial charge in [0, 0.05) is 26.8 Å². The lowest BCUT2D eigenvalue weighted by Crippen LogP contribution is -2.09. The first-order valence-corrected chi connectivity index (χ1v) is 7.25. The number of carbonyl (C=O) groups excluding carboxylic acids is 1. The molecule has 0 aliphatic carbocycles. The number of carbonyl (C=O) groups is 1. The Labute approximate surface area is 128 Å². The van der Waals surface area contributed by atoms with Gasteiger partial charge in [-0.1, -0.05) is 29.4 Å². The first-order valence-electron chi connectivity index (χ1n) is 6.06. The molecule has 0 saturated carbocycles.